The molecule has 0 spiro atoms. The van der Waals surface area contributed by atoms with Gasteiger partial charge in [0.05, 0.1) is 25.5 Å². The SMILES string of the molecule is COc1ccc([PH+](C2CCCC2)C2CCCC2)c(OC)c1.c1ccc([B-](c2ccccc2)(c2ccccc2)c2ccccc2)cc1. The predicted octanol–water partition coefficient (Wildman–Crippen LogP) is 7.49. The van der Waals surface area contributed by atoms with E-state index in [2.05, 4.69) is 140 Å². The predicted molar refractivity (Wildman–Crippen MR) is 202 cm³/mol. The molecule has 5 aromatic rings. The van der Waals surface area contributed by atoms with E-state index >= 15 is 0 Å². The number of hydrogen-bond donors (Lipinski definition) is 0. The highest BCUT2D eigenvalue weighted by atomic mass is 31.1. The highest BCUT2D eigenvalue weighted by Gasteiger charge is 2.42. The summed E-state index contributed by atoms with van der Waals surface area (Å²) in [7, 11) is 3.01. The van der Waals surface area contributed by atoms with E-state index in [9.17, 15) is 0 Å². The summed E-state index contributed by atoms with van der Waals surface area (Å²) in [5, 5.41) is 1.53. The first-order valence-corrected chi connectivity index (χ1v) is 18.9. The van der Waals surface area contributed by atoms with E-state index in [1.54, 1.807) is 14.2 Å². The monoisotopic (exact) mass is 626 g/mol. The summed E-state index contributed by atoms with van der Waals surface area (Å²) >= 11 is 0. The number of rotatable bonds is 9. The van der Waals surface area contributed by atoms with E-state index in [1.807, 2.05) is 0 Å². The van der Waals surface area contributed by atoms with Gasteiger partial charge in [-0.2, -0.15) is 21.9 Å². The van der Waals surface area contributed by atoms with Crippen LogP contribution in [0.4, 0.5) is 0 Å². The Kier molecular flexibility index (Phi) is 10.9. The number of methoxy groups -OCH3 is 2. The van der Waals surface area contributed by atoms with Gasteiger partial charge in [0, 0.05) is 14.0 Å². The Hall–Kier alpha value is -3.81. The van der Waals surface area contributed by atoms with Gasteiger partial charge in [0.15, 0.2) is 5.75 Å². The van der Waals surface area contributed by atoms with Gasteiger partial charge in [0.25, 0.3) is 0 Å². The Morgan fingerprint density at radius 3 is 1.17 bits per heavy atom. The molecular weight excluding hydrogens is 578 g/mol. The lowest BCUT2D eigenvalue weighted by Crippen LogP contribution is -2.74. The average molecular weight is 627 g/mol. The zero-order chi connectivity index (χ0) is 31.6. The Balaban J connectivity index is 0.000000164. The molecule has 0 N–H and O–H groups in total. The van der Waals surface area contributed by atoms with Crippen molar-refractivity contribution in [2.45, 2.75) is 62.7 Å². The molecule has 7 rings (SSSR count). The van der Waals surface area contributed by atoms with Gasteiger partial charge in [-0.05, 0) is 63.5 Å². The maximum Gasteiger partial charge on any atom is 0.164 e. The summed E-state index contributed by atoms with van der Waals surface area (Å²) in [4.78, 5) is 0. The third kappa shape index (κ3) is 6.81. The van der Waals surface area contributed by atoms with Gasteiger partial charge in [0.1, 0.15) is 17.2 Å². The largest absolute Gasteiger partial charge is 0.497 e. The second kappa shape index (κ2) is 15.7. The van der Waals surface area contributed by atoms with E-state index < -0.39 is 14.1 Å². The molecule has 0 aliphatic heterocycles. The molecule has 0 saturated heterocycles. The molecule has 0 atom stereocenters. The second-order valence-corrected chi connectivity index (χ2v) is 16.1. The normalized spacial score (nSPS) is 15.4. The molecule has 0 heterocycles. The van der Waals surface area contributed by atoms with Gasteiger partial charge < -0.3 is 9.47 Å². The van der Waals surface area contributed by atoms with Crippen molar-refractivity contribution in [2.75, 3.05) is 14.2 Å². The molecule has 2 fully saturated rings. The molecule has 236 valence electrons. The molecule has 46 heavy (non-hydrogen) atoms. The Labute approximate surface area is 277 Å². The Morgan fingerprint density at radius 2 is 0.848 bits per heavy atom. The average Bonchev–Trinajstić information content (AvgIpc) is 3.87. The molecule has 2 aliphatic rings. The van der Waals surface area contributed by atoms with Crippen LogP contribution in [0, 0.1) is 0 Å². The lowest BCUT2D eigenvalue weighted by molar-refractivity contribution is 0.396. The van der Waals surface area contributed by atoms with Gasteiger partial charge >= 0.3 is 0 Å². The zero-order valence-electron chi connectivity index (χ0n) is 27.5. The second-order valence-electron chi connectivity index (χ2n) is 13.0. The third-order valence-electron chi connectivity index (χ3n) is 10.5. The minimum atomic E-state index is -1.22. The fourth-order valence-corrected chi connectivity index (χ4v) is 12.7. The van der Waals surface area contributed by atoms with Gasteiger partial charge in [-0.25, -0.2) is 0 Å². The van der Waals surface area contributed by atoms with Gasteiger partial charge in [-0.1, -0.05) is 121 Å². The van der Waals surface area contributed by atoms with Crippen molar-refractivity contribution in [1.82, 2.24) is 0 Å². The van der Waals surface area contributed by atoms with Crippen LogP contribution in [-0.2, 0) is 0 Å². The molecule has 0 bridgehead atoms. The van der Waals surface area contributed by atoms with Crippen molar-refractivity contribution in [3.05, 3.63) is 140 Å². The number of ether oxygens (including phenoxy) is 2. The van der Waals surface area contributed by atoms with Crippen LogP contribution in [0.15, 0.2) is 140 Å². The van der Waals surface area contributed by atoms with Crippen molar-refractivity contribution in [1.29, 1.82) is 0 Å². The van der Waals surface area contributed by atoms with Crippen LogP contribution in [0.25, 0.3) is 0 Å². The Bertz CT molecular complexity index is 1440. The van der Waals surface area contributed by atoms with E-state index in [-0.39, 0.29) is 0 Å². The minimum absolute atomic E-state index is 0.524. The number of hydrogen-bond acceptors (Lipinski definition) is 2. The van der Waals surface area contributed by atoms with Crippen LogP contribution in [0.3, 0.4) is 0 Å². The van der Waals surface area contributed by atoms with Crippen LogP contribution in [-0.4, -0.2) is 31.7 Å². The minimum Gasteiger partial charge on any atom is -0.497 e. The first kappa shape index (κ1) is 32.1. The first-order chi connectivity index (χ1) is 22.8. The highest BCUT2D eigenvalue weighted by molar-refractivity contribution is 7.67. The van der Waals surface area contributed by atoms with Crippen LogP contribution in [0.5, 0.6) is 11.5 Å². The van der Waals surface area contributed by atoms with Crippen molar-refractivity contribution in [2.24, 2.45) is 0 Å². The summed E-state index contributed by atoms with van der Waals surface area (Å²) in [6.45, 7) is 0. The van der Waals surface area contributed by atoms with Gasteiger partial charge in [0.2, 0.25) is 0 Å². The van der Waals surface area contributed by atoms with E-state index in [1.165, 1.54) is 78.5 Å². The van der Waals surface area contributed by atoms with Crippen LogP contribution < -0.4 is 36.6 Å². The molecule has 2 nitrogen and oxygen atoms in total. The smallest absolute Gasteiger partial charge is 0.164 e. The molecule has 0 unspecified atom stereocenters. The van der Waals surface area contributed by atoms with Crippen LogP contribution >= 0.6 is 7.92 Å². The Morgan fingerprint density at radius 1 is 0.478 bits per heavy atom. The lowest BCUT2D eigenvalue weighted by Gasteiger charge is -2.44. The molecule has 2 saturated carbocycles. The molecule has 4 heteroatoms. The van der Waals surface area contributed by atoms with Crippen molar-refractivity contribution < 1.29 is 9.47 Å². The van der Waals surface area contributed by atoms with E-state index in [0.29, 0.717) is 0 Å². The molecule has 0 aromatic heterocycles. The topological polar surface area (TPSA) is 18.5 Å². The number of benzene rings is 5. The fraction of sp³-hybridized carbons (Fsp3) is 0.286. The van der Waals surface area contributed by atoms with Gasteiger partial charge in [-0.3, -0.25) is 0 Å². The standard InChI is InChI=1S/C24H20B.C18H27O2P/c1-5-13-21(14-6-1)25(22-15-7-2-8-16-22,23-17-9-3-10-18-23)24-19-11-4-12-20-24;1-19-14-11-12-18(17(13-14)20-2)21(15-7-3-4-8-15)16-9-5-6-10-16/h1-20H;11-13,15-16H,3-10H2,1-2H3/q-1;/p+1. The molecule has 0 radical (unpaired) electrons. The maximum absolute atomic E-state index is 5.73. The van der Waals surface area contributed by atoms with E-state index in [0.717, 1.165) is 22.8 Å². The van der Waals surface area contributed by atoms with E-state index in [4.69, 9.17) is 9.47 Å². The van der Waals surface area contributed by atoms with Crippen molar-refractivity contribution in [3.63, 3.8) is 0 Å². The summed E-state index contributed by atoms with van der Waals surface area (Å²) in [5.74, 6) is 1.98. The molecule has 0 amide bonds. The summed E-state index contributed by atoms with van der Waals surface area (Å²) in [5.41, 5.74) is 7.27. The fourth-order valence-electron chi connectivity index (χ4n) is 8.41. The first-order valence-electron chi connectivity index (χ1n) is 17.2. The molecule has 5 aromatic carbocycles. The highest BCUT2D eigenvalue weighted by Crippen LogP contribution is 2.57. The molecule has 2 aliphatic carbocycles. The summed E-state index contributed by atoms with van der Waals surface area (Å²) in [6, 6.07) is 50.1. The summed E-state index contributed by atoms with van der Waals surface area (Å²) in [6.07, 6.45) is 10.3. The van der Waals surface area contributed by atoms with Crippen molar-refractivity contribution >= 4 is 41.2 Å². The van der Waals surface area contributed by atoms with Crippen molar-refractivity contribution in [3.8, 4) is 11.5 Å². The third-order valence-corrected chi connectivity index (χ3v) is 14.5. The zero-order valence-corrected chi connectivity index (χ0v) is 28.5. The maximum atomic E-state index is 5.73. The summed E-state index contributed by atoms with van der Waals surface area (Å²) < 4.78 is 11.1. The lowest BCUT2D eigenvalue weighted by atomic mass is 9.13. The van der Waals surface area contributed by atoms with Gasteiger partial charge in [-0.15, -0.1) is 0 Å². The van der Waals surface area contributed by atoms with Crippen LogP contribution in [0.1, 0.15) is 51.4 Å². The van der Waals surface area contributed by atoms with Crippen LogP contribution in [0.2, 0.25) is 0 Å². The molecular formula is C42H48BO2P. The quantitative estimate of drug-likeness (QED) is 0.125.